The van der Waals surface area contributed by atoms with E-state index >= 15 is 0 Å². The summed E-state index contributed by atoms with van der Waals surface area (Å²) >= 11 is 0. The molecule has 4 rings (SSSR count). The molecule has 2 aliphatic rings. The highest BCUT2D eigenvalue weighted by Crippen LogP contribution is 2.46. The standard InChI is InChI=1S/C20H21NO4/c1-23-17-10-14-8-9-21-19(15(14)11-18(17)24-2)16(12-25-20(21)22)13-6-4-3-5-7-13/h3-7,10-11,16,19H,8-9,12H2,1-2H3/t16-,19+/m1/s1. The first kappa shape index (κ1) is 15.8. The van der Waals surface area contributed by atoms with Gasteiger partial charge in [0, 0.05) is 12.5 Å². The number of carbonyl (C=O) groups is 1. The first-order valence-electron chi connectivity index (χ1n) is 8.46. The number of fused-ring (bicyclic) bond motifs is 3. The summed E-state index contributed by atoms with van der Waals surface area (Å²) in [4.78, 5) is 14.2. The maximum absolute atomic E-state index is 12.3. The van der Waals surface area contributed by atoms with Crippen molar-refractivity contribution in [1.82, 2.24) is 4.90 Å². The summed E-state index contributed by atoms with van der Waals surface area (Å²) in [7, 11) is 3.28. The zero-order valence-electron chi connectivity index (χ0n) is 14.4. The maximum Gasteiger partial charge on any atom is 0.410 e. The fourth-order valence-corrected chi connectivity index (χ4v) is 3.93. The molecule has 2 aromatic carbocycles. The lowest BCUT2D eigenvalue weighted by Gasteiger charge is -2.44. The van der Waals surface area contributed by atoms with Gasteiger partial charge >= 0.3 is 6.09 Å². The molecule has 2 heterocycles. The van der Waals surface area contributed by atoms with E-state index in [9.17, 15) is 4.79 Å². The second kappa shape index (κ2) is 6.31. The molecule has 2 aromatic rings. The summed E-state index contributed by atoms with van der Waals surface area (Å²) < 4.78 is 16.4. The third kappa shape index (κ3) is 2.60. The van der Waals surface area contributed by atoms with Crippen LogP contribution in [0, 0.1) is 0 Å². The number of hydrogen-bond acceptors (Lipinski definition) is 4. The van der Waals surface area contributed by atoms with E-state index in [1.54, 1.807) is 14.2 Å². The van der Waals surface area contributed by atoms with Gasteiger partial charge in [0.25, 0.3) is 0 Å². The molecule has 130 valence electrons. The summed E-state index contributed by atoms with van der Waals surface area (Å²) in [6, 6.07) is 14.2. The van der Waals surface area contributed by atoms with E-state index in [1.807, 2.05) is 35.2 Å². The van der Waals surface area contributed by atoms with Crippen LogP contribution in [-0.4, -0.2) is 38.4 Å². The predicted molar refractivity (Wildman–Crippen MR) is 93.2 cm³/mol. The van der Waals surface area contributed by atoms with Crippen molar-refractivity contribution in [1.29, 1.82) is 0 Å². The predicted octanol–water partition coefficient (Wildman–Crippen LogP) is 3.54. The fraction of sp³-hybridized carbons (Fsp3) is 0.350. The van der Waals surface area contributed by atoms with Gasteiger partial charge in [0.2, 0.25) is 0 Å². The molecule has 1 saturated heterocycles. The van der Waals surface area contributed by atoms with Gasteiger partial charge in [-0.05, 0) is 35.2 Å². The van der Waals surface area contributed by atoms with Crippen LogP contribution in [0.4, 0.5) is 4.79 Å². The topological polar surface area (TPSA) is 48.0 Å². The summed E-state index contributed by atoms with van der Waals surface area (Å²) in [5.74, 6) is 1.51. The minimum Gasteiger partial charge on any atom is -0.493 e. The first-order valence-corrected chi connectivity index (χ1v) is 8.46. The zero-order chi connectivity index (χ0) is 17.4. The summed E-state index contributed by atoms with van der Waals surface area (Å²) in [5.41, 5.74) is 3.50. The molecule has 2 atom stereocenters. The number of methoxy groups -OCH3 is 2. The average Bonchev–Trinajstić information content (AvgIpc) is 2.67. The normalized spacial score (nSPS) is 21.8. The molecule has 0 aromatic heterocycles. The lowest BCUT2D eigenvalue weighted by Crippen LogP contribution is -2.48. The average molecular weight is 339 g/mol. The van der Waals surface area contributed by atoms with Crippen molar-refractivity contribution < 1.29 is 19.0 Å². The van der Waals surface area contributed by atoms with Crippen molar-refractivity contribution in [3.05, 3.63) is 59.2 Å². The van der Waals surface area contributed by atoms with Crippen molar-refractivity contribution in [2.75, 3.05) is 27.4 Å². The van der Waals surface area contributed by atoms with Gasteiger partial charge in [-0.25, -0.2) is 4.79 Å². The lowest BCUT2D eigenvalue weighted by atomic mass is 9.80. The Bertz CT molecular complexity index is 790. The van der Waals surface area contributed by atoms with E-state index in [0.717, 1.165) is 17.7 Å². The lowest BCUT2D eigenvalue weighted by molar-refractivity contribution is 0.0255. The van der Waals surface area contributed by atoms with E-state index in [1.165, 1.54) is 11.1 Å². The van der Waals surface area contributed by atoms with Gasteiger partial charge in [-0.1, -0.05) is 30.3 Å². The highest BCUT2D eigenvalue weighted by Gasteiger charge is 2.42. The van der Waals surface area contributed by atoms with E-state index < -0.39 is 0 Å². The van der Waals surface area contributed by atoms with Crippen LogP contribution in [0.5, 0.6) is 11.5 Å². The van der Waals surface area contributed by atoms with Crippen molar-refractivity contribution in [3.63, 3.8) is 0 Å². The Hall–Kier alpha value is -2.69. The van der Waals surface area contributed by atoms with Crippen molar-refractivity contribution in [2.45, 2.75) is 18.4 Å². The number of carbonyl (C=O) groups excluding carboxylic acids is 1. The van der Waals surface area contributed by atoms with Gasteiger partial charge < -0.3 is 19.1 Å². The second-order valence-corrected chi connectivity index (χ2v) is 6.39. The molecule has 0 radical (unpaired) electrons. The maximum atomic E-state index is 12.3. The van der Waals surface area contributed by atoms with Gasteiger partial charge in [-0.15, -0.1) is 0 Å². The Morgan fingerprint density at radius 3 is 2.52 bits per heavy atom. The van der Waals surface area contributed by atoms with Gasteiger partial charge in [0.05, 0.1) is 20.3 Å². The zero-order valence-corrected chi connectivity index (χ0v) is 14.4. The van der Waals surface area contributed by atoms with Crippen LogP contribution in [0.15, 0.2) is 42.5 Å². The Morgan fingerprint density at radius 1 is 1.08 bits per heavy atom. The van der Waals surface area contributed by atoms with Crippen molar-refractivity contribution in [3.8, 4) is 11.5 Å². The molecule has 0 unspecified atom stereocenters. The largest absolute Gasteiger partial charge is 0.493 e. The Labute approximate surface area is 147 Å². The Morgan fingerprint density at radius 2 is 1.80 bits per heavy atom. The smallest absolute Gasteiger partial charge is 0.410 e. The summed E-state index contributed by atoms with van der Waals surface area (Å²) in [5, 5.41) is 0. The van der Waals surface area contributed by atoms with Crippen LogP contribution in [0.25, 0.3) is 0 Å². The molecular formula is C20H21NO4. The van der Waals surface area contributed by atoms with Crippen LogP contribution in [0.3, 0.4) is 0 Å². The van der Waals surface area contributed by atoms with Gasteiger partial charge in [0.1, 0.15) is 6.61 Å². The van der Waals surface area contributed by atoms with Crippen LogP contribution >= 0.6 is 0 Å². The van der Waals surface area contributed by atoms with Crippen molar-refractivity contribution in [2.24, 2.45) is 0 Å². The number of benzene rings is 2. The molecule has 0 spiro atoms. The van der Waals surface area contributed by atoms with E-state index in [0.29, 0.717) is 18.9 Å². The molecule has 5 heteroatoms. The van der Waals surface area contributed by atoms with E-state index in [-0.39, 0.29) is 18.1 Å². The molecule has 0 aliphatic carbocycles. The van der Waals surface area contributed by atoms with Crippen LogP contribution in [0.2, 0.25) is 0 Å². The SMILES string of the molecule is COc1cc2c(cc1OC)[C@H]1[C@@H](c3ccccc3)COC(=O)N1CC2. The third-order valence-electron chi connectivity index (χ3n) is 5.15. The molecule has 2 aliphatic heterocycles. The highest BCUT2D eigenvalue weighted by molar-refractivity contribution is 5.71. The van der Waals surface area contributed by atoms with Crippen LogP contribution in [0.1, 0.15) is 28.7 Å². The molecule has 1 amide bonds. The molecule has 25 heavy (non-hydrogen) atoms. The van der Waals surface area contributed by atoms with Gasteiger partial charge in [-0.2, -0.15) is 0 Å². The van der Waals surface area contributed by atoms with Crippen molar-refractivity contribution >= 4 is 6.09 Å². The molecule has 0 saturated carbocycles. The first-order chi connectivity index (χ1) is 12.2. The summed E-state index contributed by atoms with van der Waals surface area (Å²) in [6.45, 7) is 1.03. The molecule has 0 bridgehead atoms. The number of nitrogens with zero attached hydrogens (tertiary/aromatic N) is 1. The van der Waals surface area contributed by atoms with Gasteiger partial charge in [0.15, 0.2) is 11.5 Å². The number of amides is 1. The Kier molecular flexibility index (Phi) is 3.99. The molecule has 1 fully saturated rings. The van der Waals surface area contributed by atoms with Crippen LogP contribution < -0.4 is 9.47 Å². The van der Waals surface area contributed by atoms with E-state index in [4.69, 9.17) is 14.2 Å². The minimum absolute atomic E-state index is 0.0489. The fourth-order valence-electron chi connectivity index (χ4n) is 3.93. The monoisotopic (exact) mass is 339 g/mol. The number of ether oxygens (including phenoxy) is 3. The number of hydrogen-bond donors (Lipinski definition) is 0. The molecule has 0 N–H and O–H groups in total. The number of cyclic esters (lactones) is 1. The Balaban J connectivity index is 1.84. The summed E-state index contributed by atoms with van der Waals surface area (Å²) in [6.07, 6.45) is 0.542. The van der Waals surface area contributed by atoms with Crippen LogP contribution in [-0.2, 0) is 11.2 Å². The highest BCUT2D eigenvalue weighted by atomic mass is 16.6. The second-order valence-electron chi connectivity index (χ2n) is 6.39. The third-order valence-corrected chi connectivity index (χ3v) is 5.15. The van der Waals surface area contributed by atoms with E-state index in [2.05, 4.69) is 12.1 Å². The quantitative estimate of drug-likeness (QED) is 0.858. The minimum atomic E-state index is -0.238. The molecular weight excluding hydrogens is 318 g/mol. The number of rotatable bonds is 3. The van der Waals surface area contributed by atoms with Gasteiger partial charge in [-0.3, -0.25) is 0 Å². The molecule has 5 nitrogen and oxygen atoms in total.